The maximum atomic E-state index is 13.6. The zero-order chi connectivity index (χ0) is 24.2. The molecule has 8 heteroatoms. The smallest absolute Gasteiger partial charge is 0.270 e. The van der Waals surface area contributed by atoms with Gasteiger partial charge >= 0.3 is 0 Å². The van der Waals surface area contributed by atoms with Crippen LogP contribution in [-0.2, 0) is 11.8 Å². The molecule has 3 aromatic rings. The van der Waals surface area contributed by atoms with E-state index in [0.29, 0.717) is 24.2 Å². The van der Waals surface area contributed by atoms with E-state index in [4.69, 9.17) is 0 Å². The molecule has 1 aliphatic carbocycles. The van der Waals surface area contributed by atoms with Gasteiger partial charge in [-0.15, -0.1) is 0 Å². The SMILES string of the molecule is Cc1ccnc(C)c1-c1ccc(NC(=O)C(NC(=O)c2ccnn2C)[C@H]2CC=C(F)CC2)cc1. The lowest BCUT2D eigenvalue weighted by atomic mass is 9.86. The van der Waals surface area contributed by atoms with E-state index in [0.717, 1.165) is 22.4 Å². The fourth-order valence-electron chi connectivity index (χ4n) is 4.41. The molecule has 2 N–H and O–H groups in total. The molecular weight excluding hydrogens is 433 g/mol. The number of hydrogen-bond donors (Lipinski definition) is 2. The zero-order valence-electron chi connectivity index (χ0n) is 19.5. The number of allylic oxidation sites excluding steroid dienone is 2. The standard InChI is InChI=1S/C26H28FN5O2/c1-16-12-14-28-17(2)23(16)18-6-10-21(11-7-18)30-26(34)24(19-4-8-20(27)9-5-19)31-25(33)22-13-15-29-32(22)3/h6-8,10-15,19,24H,4-5,9H2,1-3H3,(H,30,34)(H,31,33)/t19-,24?/m0/s1. The monoisotopic (exact) mass is 461 g/mol. The highest BCUT2D eigenvalue weighted by Crippen LogP contribution is 2.29. The van der Waals surface area contributed by atoms with Crippen molar-refractivity contribution in [3.8, 4) is 11.1 Å². The molecule has 1 aromatic carbocycles. The van der Waals surface area contributed by atoms with E-state index in [9.17, 15) is 14.0 Å². The molecular formula is C26H28FN5O2. The topological polar surface area (TPSA) is 88.9 Å². The Hall–Kier alpha value is -3.81. The summed E-state index contributed by atoms with van der Waals surface area (Å²) >= 11 is 0. The molecule has 176 valence electrons. The highest BCUT2D eigenvalue weighted by molar-refractivity contribution is 6.00. The maximum Gasteiger partial charge on any atom is 0.270 e. The summed E-state index contributed by atoms with van der Waals surface area (Å²) in [5, 5.41) is 9.78. The van der Waals surface area contributed by atoms with Gasteiger partial charge in [0.1, 0.15) is 11.7 Å². The lowest BCUT2D eigenvalue weighted by molar-refractivity contribution is -0.119. The Labute approximate surface area is 198 Å². The van der Waals surface area contributed by atoms with E-state index in [1.807, 2.05) is 44.2 Å². The van der Waals surface area contributed by atoms with Gasteiger partial charge in [-0.25, -0.2) is 4.39 Å². The number of benzene rings is 1. The Morgan fingerprint density at radius 2 is 1.88 bits per heavy atom. The number of rotatable bonds is 6. The Bertz CT molecular complexity index is 1210. The van der Waals surface area contributed by atoms with Crippen molar-refractivity contribution >= 4 is 17.5 Å². The van der Waals surface area contributed by atoms with Crippen molar-refractivity contribution in [2.24, 2.45) is 13.0 Å². The molecule has 2 atom stereocenters. The molecule has 2 amide bonds. The lowest BCUT2D eigenvalue weighted by Crippen LogP contribution is -2.49. The average molecular weight is 462 g/mol. The van der Waals surface area contributed by atoms with Gasteiger partial charge in [0.15, 0.2) is 0 Å². The van der Waals surface area contributed by atoms with E-state index in [1.54, 1.807) is 19.3 Å². The zero-order valence-corrected chi connectivity index (χ0v) is 19.5. The molecule has 1 unspecified atom stereocenters. The Balaban J connectivity index is 1.53. The molecule has 34 heavy (non-hydrogen) atoms. The summed E-state index contributed by atoms with van der Waals surface area (Å²) in [6.07, 6.45) is 5.93. The normalized spacial score (nSPS) is 16.5. The fourth-order valence-corrected chi connectivity index (χ4v) is 4.41. The Kier molecular flexibility index (Phi) is 6.86. The first-order valence-corrected chi connectivity index (χ1v) is 11.3. The van der Waals surface area contributed by atoms with E-state index in [-0.39, 0.29) is 24.1 Å². The number of pyridine rings is 1. The lowest BCUT2D eigenvalue weighted by Gasteiger charge is -2.28. The van der Waals surface area contributed by atoms with Crippen LogP contribution in [0.2, 0.25) is 0 Å². The molecule has 4 rings (SSSR count). The number of halogens is 1. The van der Waals surface area contributed by atoms with Crippen LogP contribution >= 0.6 is 0 Å². The number of amides is 2. The number of aromatic nitrogens is 3. The second kappa shape index (κ2) is 9.99. The van der Waals surface area contributed by atoms with Gasteiger partial charge in [-0.2, -0.15) is 5.10 Å². The predicted octanol–water partition coefficient (Wildman–Crippen LogP) is 4.49. The summed E-state index contributed by atoms with van der Waals surface area (Å²) < 4.78 is 15.0. The van der Waals surface area contributed by atoms with Gasteiger partial charge in [0, 0.05) is 36.4 Å². The van der Waals surface area contributed by atoms with Gasteiger partial charge in [0.05, 0.1) is 5.83 Å². The van der Waals surface area contributed by atoms with Gasteiger partial charge in [-0.3, -0.25) is 19.3 Å². The van der Waals surface area contributed by atoms with Crippen LogP contribution in [-0.4, -0.2) is 32.6 Å². The Morgan fingerprint density at radius 3 is 2.50 bits per heavy atom. The molecule has 0 spiro atoms. The van der Waals surface area contributed by atoms with Crippen molar-refractivity contribution in [2.75, 3.05) is 5.32 Å². The van der Waals surface area contributed by atoms with Crippen LogP contribution in [0.4, 0.5) is 10.1 Å². The molecule has 0 saturated heterocycles. The first kappa shape index (κ1) is 23.4. The number of nitrogens with zero attached hydrogens (tertiary/aromatic N) is 3. The van der Waals surface area contributed by atoms with Gasteiger partial charge in [-0.05, 0) is 74.4 Å². The summed E-state index contributed by atoms with van der Waals surface area (Å²) in [6, 6.07) is 10.3. The van der Waals surface area contributed by atoms with Crippen molar-refractivity contribution in [3.05, 3.63) is 77.6 Å². The molecule has 1 aliphatic rings. The minimum atomic E-state index is -0.811. The van der Waals surface area contributed by atoms with Crippen molar-refractivity contribution < 1.29 is 14.0 Å². The second-order valence-electron chi connectivity index (χ2n) is 8.63. The highest BCUT2D eigenvalue weighted by Gasteiger charge is 2.32. The first-order valence-electron chi connectivity index (χ1n) is 11.3. The molecule has 0 bridgehead atoms. The van der Waals surface area contributed by atoms with Crippen LogP contribution < -0.4 is 10.6 Å². The van der Waals surface area contributed by atoms with Crippen LogP contribution in [0.5, 0.6) is 0 Å². The van der Waals surface area contributed by atoms with Crippen LogP contribution in [0, 0.1) is 19.8 Å². The Morgan fingerprint density at radius 1 is 1.12 bits per heavy atom. The predicted molar refractivity (Wildman–Crippen MR) is 129 cm³/mol. The molecule has 0 radical (unpaired) electrons. The third kappa shape index (κ3) is 5.06. The number of carbonyl (C=O) groups is 2. The van der Waals surface area contributed by atoms with E-state index in [1.165, 1.54) is 17.0 Å². The van der Waals surface area contributed by atoms with E-state index < -0.39 is 11.9 Å². The number of nitrogens with one attached hydrogen (secondary N) is 2. The minimum Gasteiger partial charge on any atom is -0.339 e. The average Bonchev–Trinajstić information content (AvgIpc) is 3.25. The van der Waals surface area contributed by atoms with Crippen LogP contribution in [0.3, 0.4) is 0 Å². The maximum absolute atomic E-state index is 13.6. The summed E-state index contributed by atoms with van der Waals surface area (Å²) in [5.74, 6) is -1.12. The van der Waals surface area contributed by atoms with Gasteiger partial charge in [0.2, 0.25) is 5.91 Å². The molecule has 0 fully saturated rings. The van der Waals surface area contributed by atoms with Crippen LogP contribution in [0.25, 0.3) is 11.1 Å². The fraction of sp³-hybridized carbons (Fsp3) is 0.308. The van der Waals surface area contributed by atoms with E-state index in [2.05, 4.69) is 20.7 Å². The molecule has 2 heterocycles. The number of carbonyl (C=O) groups excluding carboxylic acids is 2. The van der Waals surface area contributed by atoms with Crippen molar-refractivity contribution in [1.82, 2.24) is 20.1 Å². The van der Waals surface area contributed by atoms with Crippen LogP contribution in [0.15, 0.2) is 60.7 Å². The van der Waals surface area contributed by atoms with Gasteiger partial charge in [-0.1, -0.05) is 18.2 Å². The third-order valence-electron chi connectivity index (χ3n) is 6.28. The van der Waals surface area contributed by atoms with Gasteiger partial charge in [0.25, 0.3) is 5.91 Å². The molecule has 7 nitrogen and oxygen atoms in total. The van der Waals surface area contributed by atoms with Gasteiger partial charge < -0.3 is 10.6 Å². The number of hydrogen-bond acceptors (Lipinski definition) is 4. The first-order chi connectivity index (χ1) is 16.3. The summed E-state index contributed by atoms with van der Waals surface area (Å²) in [5.41, 5.74) is 5.10. The van der Waals surface area contributed by atoms with Crippen LogP contribution in [0.1, 0.15) is 41.0 Å². The van der Waals surface area contributed by atoms with Crippen molar-refractivity contribution in [2.45, 2.75) is 39.2 Å². The highest BCUT2D eigenvalue weighted by atomic mass is 19.1. The third-order valence-corrected chi connectivity index (χ3v) is 6.28. The number of aryl methyl sites for hydroxylation is 3. The molecule has 0 saturated carbocycles. The minimum absolute atomic E-state index is 0.176. The summed E-state index contributed by atoms with van der Waals surface area (Å²) in [6.45, 7) is 4.01. The summed E-state index contributed by atoms with van der Waals surface area (Å²) in [4.78, 5) is 30.5. The molecule has 0 aliphatic heterocycles. The second-order valence-corrected chi connectivity index (χ2v) is 8.63. The van der Waals surface area contributed by atoms with Crippen molar-refractivity contribution in [3.63, 3.8) is 0 Å². The number of anilines is 1. The summed E-state index contributed by atoms with van der Waals surface area (Å²) in [7, 11) is 1.66. The van der Waals surface area contributed by atoms with Crippen molar-refractivity contribution in [1.29, 1.82) is 0 Å². The largest absolute Gasteiger partial charge is 0.339 e. The quantitative estimate of drug-likeness (QED) is 0.566. The molecule has 2 aromatic heterocycles. The van der Waals surface area contributed by atoms with E-state index >= 15 is 0 Å².